The van der Waals surface area contributed by atoms with E-state index in [4.69, 9.17) is 9.47 Å². The van der Waals surface area contributed by atoms with Crippen LogP contribution in [-0.4, -0.2) is 43.7 Å². The summed E-state index contributed by atoms with van der Waals surface area (Å²) in [6.45, 7) is 7.55. The van der Waals surface area contributed by atoms with Crippen molar-refractivity contribution in [2.75, 3.05) is 37.7 Å². The van der Waals surface area contributed by atoms with E-state index in [1.165, 1.54) is 0 Å². The van der Waals surface area contributed by atoms with Crippen LogP contribution in [0.4, 0.5) is 5.82 Å². The molecular weight excluding hydrogens is 354 g/mol. The summed E-state index contributed by atoms with van der Waals surface area (Å²) >= 11 is 0. The van der Waals surface area contributed by atoms with Crippen molar-refractivity contribution in [2.45, 2.75) is 26.7 Å². The monoisotopic (exact) mass is 383 g/mol. The lowest BCUT2D eigenvalue weighted by molar-refractivity contribution is 0.0944. The SMILES string of the molecule is CCOc1ccc(C(=O)NCC2CCN(c3ccccn3)CC2)cc1OCC. The van der Waals surface area contributed by atoms with Gasteiger partial charge in [0.05, 0.1) is 13.2 Å². The Morgan fingerprint density at radius 3 is 2.54 bits per heavy atom. The molecule has 1 aliphatic heterocycles. The predicted molar refractivity (Wildman–Crippen MR) is 110 cm³/mol. The molecule has 6 heteroatoms. The number of piperidine rings is 1. The average Bonchev–Trinajstić information content (AvgIpc) is 2.74. The fourth-order valence-corrected chi connectivity index (χ4v) is 3.44. The molecule has 6 nitrogen and oxygen atoms in total. The highest BCUT2D eigenvalue weighted by molar-refractivity contribution is 5.94. The Morgan fingerprint density at radius 2 is 1.86 bits per heavy atom. The normalized spacial score (nSPS) is 14.6. The fourth-order valence-electron chi connectivity index (χ4n) is 3.44. The molecule has 1 aromatic heterocycles. The molecule has 0 aliphatic carbocycles. The maximum atomic E-state index is 12.6. The molecule has 1 N–H and O–H groups in total. The molecule has 1 aromatic carbocycles. The lowest BCUT2D eigenvalue weighted by Gasteiger charge is -2.32. The summed E-state index contributed by atoms with van der Waals surface area (Å²) in [5, 5.41) is 3.07. The number of aromatic nitrogens is 1. The second-order valence-corrected chi connectivity index (χ2v) is 6.86. The Bertz CT molecular complexity index is 759. The van der Waals surface area contributed by atoms with Gasteiger partial charge >= 0.3 is 0 Å². The Hall–Kier alpha value is -2.76. The van der Waals surface area contributed by atoms with Crippen LogP contribution in [0.2, 0.25) is 0 Å². The highest BCUT2D eigenvalue weighted by Crippen LogP contribution is 2.28. The Balaban J connectivity index is 1.51. The number of hydrogen-bond donors (Lipinski definition) is 1. The van der Waals surface area contributed by atoms with Crippen molar-refractivity contribution in [1.29, 1.82) is 0 Å². The van der Waals surface area contributed by atoms with Gasteiger partial charge < -0.3 is 19.7 Å². The first-order valence-corrected chi connectivity index (χ1v) is 10.0. The lowest BCUT2D eigenvalue weighted by Crippen LogP contribution is -2.39. The summed E-state index contributed by atoms with van der Waals surface area (Å²) in [5.74, 6) is 2.72. The minimum absolute atomic E-state index is 0.0730. The van der Waals surface area contributed by atoms with Crippen molar-refractivity contribution < 1.29 is 14.3 Å². The third-order valence-electron chi connectivity index (χ3n) is 4.94. The Morgan fingerprint density at radius 1 is 1.11 bits per heavy atom. The van der Waals surface area contributed by atoms with Gasteiger partial charge in [-0.2, -0.15) is 0 Å². The van der Waals surface area contributed by atoms with E-state index in [1.54, 1.807) is 18.2 Å². The van der Waals surface area contributed by atoms with Gasteiger partial charge in [0.1, 0.15) is 5.82 Å². The molecule has 2 aromatic rings. The highest BCUT2D eigenvalue weighted by Gasteiger charge is 2.21. The van der Waals surface area contributed by atoms with Gasteiger partial charge in [0, 0.05) is 31.4 Å². The number of benzene rings is 1. The summed E-state index contributed by atoms with van der Waals surface area (Å²) < 4.78 is 11.2. The van der Waals surface area contributed by atoms with Gasteiger partial charge in [0.2, 0.25) is 0 Å². The zero-order valence-electron chi connectivity index (χ0n) is 16.7. The van der Waals surface area contributed by atoms with E-state index in [2.05, 4.69) is 15.2 Å². The minimum atomic E-state index is -0.0730. The number of ether oxygens (including phenoxy) is 2. The van der Waals surface area contributed by atoms with Crippen molar-refractivity contribution in [3.05, 3.63) is 48.2 Å². The molecule has 1 aliphatic rings. The van der Waals surface area contributed by atoms with Crippen molar-refractivity contribution in [3.63, 3.8) is 0 Å². The van der Waals surface area contributed by atoms with Gasteiger partial charge in [0.15, 0.2) is 11.5 Å². The van der Waals surface area contributed by atoms with Crippen LogP contribution in [0.5, 0.6) is 11.5 Å². The van der Waals surface area contributed by atoms with Gasteiger partial charge in [-0.3, -0.25) is 4.79 Å². The van der Waals surface area contributed by atoms with Crippen LogP contribution in [0.3, 0.4) is 0 Å². The molecule has 0 unspecified atom stereocenters. The summed E-state index contributed by atoms with van der Waals surface area (Å²) in [5.41, 5.74) is 0.595. The number of nitrogens with one attached hydrogen (secondary N) is 1. The topological polar surface area (TPSA) is 63.7 Å². The van der Waals surface area contributed by atoms with Crippen LogP contribution in [-0.2, 0) is 0 Å². The molecule has 0 radical (unpaired) electrons. The lowest BCUT2D eigenvalue weighted by atomic mass is 9.96. The van der Waals surface area contributed by atoms with Crippen LogP contribution in [0.25, 0.3) is 0 Å². The predicted octanol–water partition coefficient (Wildman–Crippen LogP) is 3.53. The number of carbonyl (C=O) groups is 1. The molecule has 3 rings (SSSR count). The molecular formula is C22H29N3O3. The first kappa shape index (κ1) is 20.0. The van der Waals surface area contributed by atoms with Gasteiger partial charge in [-0.05, 0) is 62.9 Å². The van der Waals surface area contributed by atoms with Crippen molar-refractivity contribution >= 4 is 11.7 Å². The third-order valence-corrected chi connectivity index (χ3v) is 4.94. The summed E-state index contributed by atoms with van der Waals surface area (Å²) in [7, 11) is 0. The van der Waals surface area contributed by atoms with E-state index in [-0.39, 0.29) is 5.91 Å². The Kier molecular flexibility index (Phi) is 7.12. The molecule has 1 fully saturated rings. The van der Waals surface area contributed by atoms with E-state index in [0.29, 0.717) is 42.7 Å². The van der Waals surface area contributed by atoms with E-state index in [0.717, 1.165) is 31.7 Å². The van der Waals surface area contributed by atoms with Crippen molar-refractivity contribution in [1.82, 2.24) is 10.3 Å². The summed E-state index contributed by atoms with van der Waals surface area (Å²) in [6, 6.07) is 11.3. The third kappa shape index (κ3) is 5.15. The standard InChI is InChI=1S/C22H29N3O3/c1-3-27-19-9-8-18(15-20(19)28-4-2)22(26)24-16-17-10-13-25(14-11-17)21-7-5-6-12-23-21/h5-9,12,15,17H,3-4,10-11,13-14,16H2,1-2H3,(H,24,26). The van der Waals surface area contributed by atoms with Crippen molar-refractivity contribution in [3.8, 4) is 11.5 Å². The van der Waals surface area contributed by atoms with E-state index < -0.39 is 0 Å². The van der Waals surface area contributed by atoms with Gasteiger partial charge in [0.25, 0.3) is 5.91 Å². The second-order valence-electron chi connectivity index (χ2n) is 6.86. The Labute approximate surface area is 166 Å². The molecule has 150 valence electrons. The molecule has 0 bridgehead atoms. The maximum absolute atomic E-state index is 12.6. The maximum Gasteiger partial charge on any atom is 0.251 e. The van der Waals surface area contributed by atoms with Gasteiger partial charge in [-0.1, -0.05) is 6.07 Å². The smallest absolute Gasteiger partial charge is 0.251 e. The van der Waals surface area contributed by atoms with E-state index >= 15 is 0 Å². The van der Waals surface area contributed by atoms with E-state index in [1.807, 2.05) is 38.2 Å². The van der Waals surface area contributed by atoms with Gasteiger partial charge in [-0.15, -0.1) is 0 Å². The molecule has 1 saturated heterocycles. The highest BCUT2D eigenvalue weighted by atomic mass is 16.5. The molecule has 28 heavy (non-hydrogen) atoms. The molecule has 0 spiro atoms. The van der Waals surface area contributed by atoms with Crippen LogP contribution in [0, 0.1) is 5.92 Å². The van der Waals surface area contributed by atoms with Gasteiger partial charge in [-0.25, -0.2) is 4.98 Å². The van der Waals surface area contributed by atoms with Crippen LogP contribution in [0.1, 0.15) is 37.0 Å². The second kappa shape index (κ2) is 9.97. The summed E-state index contributed by atoms with van der Waals surface area (Å²) in [6.07, 6.45) is 3.92. The number of nitrogens with zero attached hydrogens (tertiary/aromatic N) is 2. The number of rotatable bonds is 8. The first-order chi connectivity index (χ1) is 13.7. The van der Waals surface area contributed by atoms with Crippen LogP contribution in [0.15, 0.2) is 42.6 Å². The fraction of sp³-hybridized carbons (Fsp3) is 0.455. The first-order valence-electron chi connectivity index (χ1n) is 10.0. The summed E-state index contributed by atoms with van der Waals surface area (Å²) in [4.78, 5) is 19.3. The quantitative estimate of drug-likeness (QED) is 0.756. The van der Waals surface area contributed by atoms with Crippen LogP contribution >= 0.6 is 0 Å². The molecule has 0 atom stereocenters. The molecule has 1 amide bonds. The number of amides is 1. The average molecular weight is 383 g/mol. The number of anilines is 1. The van der Waals surface area contributed by atoms with E-state index in [9.17, 15) is 4.79 Å². The molecule has 0 saturated carbocycles. The van der Waals surface area contributed by atoms with Crippen LogP contribution < -0.4 is 19.7 Å². The largest absolute Gasteiger partial charge is 0.490 e. The number of pyridine rings is 1. The molecule has 2 heterocycles. The van der Waals surface area contributed by atoms with Crippen molar-refractivity contribution in [2.24, 2.45) is 5.92 Å². The zero-order valence-corrected chi connectivity index (χ0v) is 16.7. The minimum Gasteiger partial charge on any atom is -0.490 e. The number of carbonyl (C=O) groups excluding carboxylic acids is 1. The number of hydrogen-bond acceptors (Lipinski definition) is 5. The zero-order chi connectivity index (χ0) is 19.8.